The monoisotopic (exact) mass is 289 g/mol. The molecule has 0 aromatic heterocycles. The summed E-state index contributed by atoms with van der Waals surface area (Å²) in [7, 11) is 0. The molecule has 1 rings (SSSR count). The molecule has 1 saturated carbocycles. The molecule has 1 atom stereocenters. The molecule has 1 aliphatic carbocycles. The van der Waals surface area contributed by atoms with Gasteiger partial charge in [0.2, 0.25) is 5.91 Å². The molecule has 3 heteroatoms. The molecule has 0 spiro atoms. The molecular formula is C13H24BrNO. The maximum Gasteiger partial charge on any atom is 0.224 e. The second kappa shape index (κ2) is 4.67. The van der Waals surface area contributed by atoms with Crippen molar-refractivity contribution in [3.63, 3.8) is 0 Å². The molecule has 0 aromatic carbocycles. The van der Waals surface area contributed by atoms with E-state index in [1.807, 2.05) is 0 Å². The summed E-state index contributed by atoms with van der Waals surface area (Å²) in [6.45, 7) is 11.6. The number of hydrogen-bond acceptors (Lipinski definition) is 1. The zero-order valence-corrected chi connectivity index (χ0v) is 12.6. The van der Waals surface area contributed by atoms with Crippen molar-refractivity contribution >= 4 is 21.8 Å². The number of amides is 1. The van der Waals surface area contributed by atoms with E-state index in [0.717, 1.165) is 19.4 Å². The number of nitrogens with one attached hydrogen (secondary N) is 1. The zero-order chi connectivity index (χ0) is 12.6. The van der Waals surface area contributed by atoms with Crippen molar-refractivity contribution in [2.75, 3.05) is 6.54 Å². The van der Waals surface area contributed by atoms with E-state index in [-0.39, 0.29) is 22.7 Å². The number of hydrogen-bond donors (Lipinski definition) is 1. The average molecular weight is 290 g/mol. The fraction of sp³-hybridized carbons (Fsp3) is 0.923. The van der Waals surface area contributed by atoms with Gasteiger partial charge in [-0.2, -0.15) is 0 Å². The van der Waals surface area contributed by atoms with E-state index in [0.29, 0.717) is 4.83 Å². The third kappa shape index (κ3) is 2.44. The van der Waals surface area contributed by atoms with Crippen molar-refractivity contribution in [3.05, 3.63) is 0 Å². The van der Waals surface area contributed by atoms with Crippen LogP contribution in [-0.4, -0.2) is 17.3 Å². The minimum Gasteiger partial charge on any atom is -0.356 e. The SMILES string of the molecule is CCC(Br)CCNC(=O)C1C(C)(C)C1(C)C. The van der Waals surface area contributed by atoms with E-state index < -0.39 is 0 Å². The summed E-state index contributed by atoms with van der Waals surface area (Å²) in [5.41, 5.74) is 0.297. The van der Waals surface area contributed by atoms with Gasteiger partial charge < -0.3 is 5.32 Å². The van der Waals surface area contributed by atoms with Gasteiger partial charge in [0.25, 0.3) is 0 Å². The Hall–Kier alpha value is -0.0500. The van der Waals surface area contributed by atoms with E-state index >= 15 is 0 Å². The third-order valence-corrected chi connectivity index (χ3v) is 5.59. The highest BCUT2D eigenvalue weighted by atomic mass is 79.9. The van der Waals surface area contributed by atoms with E-state index in [1.54, 1.807) is 0 Å². The number of carbonyl (C=O) groups is 1. The first kappa shape index (κ1) is 14.0. The van der Waals surface area contributed by atoms with E-state index in [9.17, 15) is 4.79 Å². The molecule has 94 valence electrons. The number of alkyl halides is 1. The quantitative estimate of drug-likeness (QED) is 0.773. The summed E-state index contributed by atoms with van der Waals surface area (Å²) in [5, 5.41) is 3.05. The molecule has 0 saturated heterocycles. The topological polar surface area (TPSA) is 29.1 Å². The number of carbonyl (C=O) groups excluding carboxylic acids is 1. The molecule has 0 aliphatic heterocycles. The highest BCUT2D eigenvalue weighted by Crippen LogP contribution is 2.68. The summed E-state index contributed by atoms with van der Waals surface area (Å²) in [4.78, 5) is 12.5. The van der Waals surface area contributed by atoms with Crippen LogP contribution in [0.2, 0.25) is 0 Å². The first-order chi connectivity index (χ1) is 7.25. The van der Waals surface area contributed by atoms with Gasteiger partial charge in [-0.25, -0.2) is 0 Å². The van der Waals surface area contributed by atoms with Gasteiger partial charge in [0.05, 0.1) is 0 Å². The van der Waals surface area contributed by atoms with Gasteiger partial charge in [-0.1, -0.05) is 50.5 Å². The zero-order valence-electron chi connectivity index (χ0n) is 11.1. The summed E-state index contributed by atoms with van der Waals surface area (Å²) >= 11 is 3.57. The van der Waals surface area contributed by atoms with Crippen molar-refractivity contribution < 1.29 is 4.79 Å². The summed E-state index contributed by atoms with van der Waals surface area (Å²) in [5.74, 6) is 0.404. The summed E-state index contributed by atoms with van der Waals surface area (Å²) in [6.07, 6.45) is 2.12. The van der Waals surface area contributed by atoms with Crippen LogP contribution < -0.4 is 5.32 Å². The maximum atomic E-state index is 12.0. The second-order valence-corrected chi connectivity index (χ2v) is 7.26. The van der Waals surface area contributed by atoms with Gasteiger partial charge >= 0.3 is 0 Å². The molecule has 1 aliphatic rings. The van der Waals surface area contributed by atoms with E-state index in [4.69, 9.17) is 0 Å². The minimum absolute atomic E-state index is 0.148. The molecule has 16 heavy (non-hydrogen) atoms. The van der Waals surface area contributed by atoms with Crippen LogP contribution >= 0.6 is 15.9 Å². The van der Waals surface area contributed by atoms with Gasteiger partial charge in [-0.05, 0) is 23.7 Å². The van der Waals surface area contributed by atoms with Crippen LogP contribution in [0.3, 0.4) is 0 Å². The molecule has 1 fully saturated rings. The molecule has 1 amide bonds. The van der Waals surface area contributed by atoms with Crippen molar-refractivity contribution in [2.24, 2.45) is 16.7 Å². The molecule has 0 bridgehead atoms. The molecule has 0 radical (unpaired) electrons. The first-order valence-electron chi connectivity index (χ1n) is 6.17. The smallest absolute Gasteiger partial charge is 0.224 e. The Morgan fingerprint density at radius 2 is 1.81 bits per heavy atom. The molecule has 2 nitrogen and oxygen atoms in total. The fourth-order valence-electron chi connectivity index (χ4n) is 2.51. The third-order valence-electron chi connectivity index (χ3n) is 4.48. The second-order valence-electron chi connectivity index (χ2n) is 5.96. The highest BCUT2D eigenvalue weighted by Gasteiger charge is 2.68. The van der Waals surface area contributed by atoms with Crippen molar-refractivity contribution in [1.82, 2.24) is 5.32 Å². The Bertz CT molecular complexity index is 259. The lowest BCUT2D eigenvalue weighted by Crippen LogP contribution is -2.29. The van der Waals surface area contributed by atoms with Crippen LogP contribution in [0.5, 0.6) is 0 Å². The average Bonchev–Trinajstić information content (AvgIpc) is 2.57. The van der Waals surface area contributed by atoms with Crippen LogP contribution in [0.25, 0.3) is 0 Å². The summed E-state index contributed by atoms with van der Waals surface area (Å²) in [6, 6.07) is 0. The standard InChI is InChI=1S/C13H24BrNO/c1-6-9(14)7-8-15-11(16)10-12(2,3)13(10,4)5/h9-10H,6-8H2,1-5H3,(H,15,16). The fourth-order valence-corrected chi connectivity index (χ4v) is 2.74. The normalized spacial score (nSPS) is 23.9. The lowest BCUT2D eigenvalue weighted by atomic mass is 10.0. The largest absolute Gasteiger partial charge is 0.356 e. The van der Waals surface area contributed by atoms with Gasteiger partial charge in [0, 0.05) is 17.3 Å². The molecular weight excluding hydrogens is 266 g/mol. The van der Waals surface area contributed by atoms with E-state index in [2.05, 4.69) is 55.9 Å². The van der Waals surface area contributed by atoms with Crippen molar-refractivity contribution in [3.8, 4) is 0 Å². The lowest BCUT2D eigenvalue weighted by Gasteiger charge is -2.09. The van der Waals surface area contributed by atoms with Gasteiger partial charge in [-0.3, -0.25) is 4.79 Å². The van der Waals surface area contributed by atoms with E-state index in [1.165, 1.54) is 0 Å². The Labute approximate surface area is 108 Å². The number of halogens is 1. The van der Waals surface area contributed by atoms with Gasteiger partial charge in [0.15, 0.2) is 0 Å². The Morgan fingerprint density at radius 3 is 2.19 bits per heavy atom. The summed E-state index contributed by atoms with van der Waals surface area (Å²) < 4.78 is 0. The molecule has 1 unspecified atom stereocenters. The van der Waals surface area contributed by atoms with Crippen LogP contribution in [-0.2, 0) is 4.79 Å². The first-order valence-corrected chi connectivity index (χ1v) is 7.08. The molecule has 0 aromatic rings. The van der Waals surface area contributed by atoms with Crippen LogP contribution in [0.15, 0.2) is 0 Å². The van der Waals surface area contributed by atoms with Gasteiger partial charge in [0.1, 0.15) is 0 Å². The predicted molar refractivity (Wildman–Crippen MR) is 71.7 cm³/mol. The highest BCUT2D eigenvalue weighted by molar-refractivity contribution is 9.09. The van der Waals surface area contributed by atoms with Crippen molar-refractivity contribution in [1.29, 1.82) is 0 Å². The predicted octanol–water partition coefficient (Wildman–Crippen LogP) is 3.35. The molecule has 1 N–H and O–H groups in total. The Kier molecular flexibility index (Phi) is 4.09. The van der Waals surface area contributed by atoms with Crippen LogP contribution in [0, 0.1) is 16.7 Å². The van der Waals surface area contributed by atoms with Gasteiger partial charge in [-0.15, -0.1) is 0 Å². The minimum atomic E-state index is 0.148. The Morgan fingerprint density at radius 1 is 1.31 bits per heavy atom. The number of rotatable bonds is 5. The van der Waals surface area contributed by atoms with Crippen LogP contribution in [0.1, 0.15) is 47.5 Å². The molecule has 0 heterocycles. The lowest BCUT2D eigenvalue weighted by molar-refractivity contribution is -0.123. The Balaban J connectivity index is 2.33. The van der Waals surface area contributed by atoms with Crippen molar-refractivity contribution in [2.45, 2.75) is 52.3 Å². The van der Waals surface area contributed by atoms with Crippen LogP contribution in [0.4, 0.5) is 0 Å². The maximum absolute atomic E-state index is 12.0.